The number of amides is 4. The van der Waals surface area contributed by atoms with E-state index in [0.717, 1.165) is 77.0 Å². The molecular formula is C20H44N8O4. The molecule has 0 saturated heterocycles. The number of hydrazine groups is 4. The normalized spacial score (nSPS) is 9.88. The van der Waals surface area contributed by atoms with Gasteiger partial charge in [0.25, 0.3) is 0 Å². The Balaban J connectivity index is 0. The van der Waals surface area contributed by atoms with Gasteiger partial charge in [0.05, 0.1) is 0 Å². The molecule has 12 heteroatoms. The van der Waals surface area contributed by atoms with Crippen LogP contribution in [-0.2, 0) is 19.2 Å². The number of nitrogens with one attached hydrogen (secondary N) is 4. The molecule has 0 fully saturated rings. The van der Waals surface area contributed by atoms with E-state index >= 15 is 0 Å². The molecule has 0 atom stereocenters. The van der Waals surface area contributed by atoms with E-state index in [1.807, 2.05) is 0 Å². The highest BCUT2D eigenvalue weighted by molar-refractivity contribution is 5.76. The number of hydrogen-bond donors (Lipinski definition) is 8. The Kier molecular flexibility index (Phi) is 24.9. The van der Waals surface area contributed by atoms with Crippen molar-refractivity contribution in [2.75, 3.05) is 0 Å². The van der Waals surface area contributed by atoms with Gasteiger partial charge < -0.3 is 0 Å². The maximum atomic E-state index is 10.8. The summed E-state index contributed by atoms with van der Waals surface area (Å²) < 4.78 is 0. The topological polar surface area (TPSA) is 220 Å². The third-order valence-corrected chi connectivity index (χ3v) is 4.76. The largest absolute Gasteiger partial charge is 0.294 e. The molecule has 0 bridgehead atoms. The van der Waals surface area contributed by atoms with Crippen LogP contribution in [0.1, 0.15) is 103 Å². The highest BCUT2D eigenvalue weighted by Crippen LogP contribution is 2.09. The van der Waals surface area contributed by atoms with Crippen LogP contribution in [0.4, 0.5) is 0 Å². The van der Waals surface area contributed by atoms with Gasteiger partial charge in [0.15, 0.2) is 0 Å². The number of carbonyl (C=O) groups is 4. The van der Waals surface area contributed by atoms with Crippen molar-refractivity contribution in [1.82, 2.24) is 21.7 Å². The van der Waals surface area contributed by atoms with E-state index in [-0.39, 0.29) is 23.6 Å². The fourth-order valence-electron chi connectivity index (χ4n) is 2.85. The molecule has 4 amide bonds. The van der Waals surface area contributed by atoms with Crippen molar-refractivity contribution >= 4 is 23.6 Å². The molecule has 0 aromatic rings. The van der Waals surface area contributed by atoms with Gasteiger partial charge >= 0.3 is 0 Å². The van der Waals surface area contributed by atoms with E-state index in [1.54, 1.807) is 0 Å². The van der Waals surface area contributed by atoms with Crippen molar-refractivity contribution in [2.45, 2.75) is 103 Å². The zero-order chi connectivity index (χ0) is 24.5. The second-order valence-corrected chi connectivity index (χ2v) is 7.51. The van der Waals surface area contributed by atoms with E-state index < -0.39 is 0 Å². The van der Waals surface area contributed by atoms with Gasteiger partial charge in [-0.25, -0.2) is 23.4 Å². The molecule has 0 rings (SSSR count). The zero-order valence-corrected chi connectivity index (χ0v) is 19.3. The van der Waals surface area contributed by atoms with Gasteiger partial charge in [0.2, 0.25) is 23.6 Å². The van der Waals surface area contributed by atoms with Gasteiger partial charge in [0, 0.05) is 25.7 Å². The van der Waals surface area contributed by atoms with Gasteiger partial charge in [-0.3, -0.25) is 40.9 Å². The standard InChI is InChI=1S/2C10H22N4O2/c2*11-13-9(15)7-5-3-1-2-4-6-8-10(16)14-12/h2*1-8,11-12H2,(H,13,15)(H,14,16). The molecule has 0 aliphatic heterocycles. The highest BCUT2D eigenvalue weighted by Gasteiger charge is 2.00. The van der Waals surface area contributed by atoms with Crippen molar-refractivity contribution in [3.63, 3.8) is 0 Å². The molecule has 188 valence electrons. The molecule has 0 spiro atoms. The number of nitrogens with two attached hydrogens (primary N) is 4. The van der Waals surface area contributed by atoms with Gasteiger partial charge in [-0.1, -0.05) is 51.4 Å². The number of rotatable bonds is 18. The van der Waals surface area contributed by atoms with Crippen LogP contribution < -0.4 is 45.1 Å². The molecule has 12 N–H and O–H groups in total. The van der Waals surface area contributed by atoms with Crippen molar-refractivity contribution in [3.8, 4) is 0 Å². The molecule has 0 aliphatic carbocycles. The van der Waals surface area contributed by atoms with Crippen molar-refractivity contribution < 1.29 is 19.2 Å². The minimum absolute atomic E-state index is 0.111. The van der Waals surface area contributed by atoms with Crippen LogP contribution in [0.3, 0.4) is 0 Å². The first-order chi connectivity index (χ1) is 15.4. The Morgan fingerprint density at radius 3 is 0.656 bits per heavy atom. The fourth-order valence-corrected chi connectivity index (χ4v) is 2.85. The number of hydrogen-bond acceptors (Lipinski definition) is 8. The monoisotopic (exact) mass is 460 g/mol. The second-order valence-electron chi connectivity index (χ2n) is 7.51. The predicted octanol–water partition coefficient (Wildman–Crippen LogP) is 0.174. The summed E-state index contributed by atoms with van der Waals surface area (Å²) in [5, 5.41) is 0. The average Bonchev–Trinajstić information content (AvgIpc) is 2.81. The first-order valence-corrected chi connectivity index (χ1v) is 11.4. The summed E-state index contributed by atoms with van der Waals surface area (Å²) in [5.41, 5.74) is 8.40. The molecule has 0 aromatic carbocycles. The smallest absolute Gasteiger partial charge is 0.233 e. The van der Waals surface area contributed by atoms with E-state index in [0.29, 0.717) is 25.7 Å². The van der Waals surface area contributed by atoms with E-state index in [2.05, 4.69) is 21.7 Å². The number of unbranched alkanes of at least 4 members (excludes halogenated alkanes) is 10. The maximum absolute atomic E-state index is 10.8. The molecule has 0 unspecified atom stereocenters. The molecule has 0 saturated carbocycles. The molecule has 0 radical (unpaired) electrons. The van der Waals surface area contributed by atoms with Gasteiger partial charge in [0.1, 0.15) is 0 Å². The van der Waals surface area contributed by atoms with Crippen molar-refractivity contribution in [3.05, 3.63) is 0 Å². The summed E-state index contributed by atoms with van der Waals surface area (Å²) in [6, 6.07) is 0. The minimum atomic E-state index is -0.111. The van der Waals surface area contributed by atoms with Gasteiger partial charge in [-0.2, -0.15) is 0 Å². The van der Waals surface area contributed by atoms with Crippen molar-refractivity contribution in [1.29, 1.82) is 0 Å². The average molecular weight is 461 g/mol. The van der Waals surface area contributed by atoms with Crippen LogP contribution in [0.25, 0.3) is 0 Å². The predicted molar refractivity (Wildman–Crippen MR) is 123 cm³/mol. The summed E-state index contributed by atoms with van der Waals surface area (Å²) in [7, 11) is 0. The van der Waals surface area contributed by atoms with Crippen LogP contribution in [-0.4, -0.2) is 23.6 Å². The number of carbonyl (C=O) groups excluding carboxylic acids is 4. The first kappa shape index (κ1) is 31.9. The lowest BCUT2D eigenvalue weighted by atomic mass is 10.1. The lowest BCUT2D eigenvalue weighted by molar-refractivity contribution is -0.122. The Bertz CT molecular complexity index is 418. The SMILES string of the molecule is NNC(=O)CCCCCCCCC(=O)NN.NNC(=O)CCCCCCCCC(=O)NN. The lowest BCUT2D eigenvalue weighted by Crippen LogP contribution is -2.29. The summed E-state index contributed by atoms with van der Waals surface area (Å²) in [6.45, 7) is 0. The Morgan fingerprint density at radius 2 is 0.500 bits per heavy atom. The van der Waals surface area contributed by atoms with Gasteiger partial charge in [-0.05, 0) is 25.7 Å². The highest BCUT2D eigenvalue weighted by atomic mass is 16.2. The minimum Gasteiger partial charge on any atom is -0.294 e. The Hall–Kier alpha value is -2.28. The lowest BCUT2D eigenvalue weighted by Gasteiger charge is -2.01. The molecule has 0 heterocycles. The summed E-state index contributed by atoms with van der Waals surface area (Å²) in [4.78, 5) is 43.1. The van der Waals surface area contributed by atoms with Crippen molar-refractivity contribution in [2.24, 2.45) is 23.4 Å². The van der Waals surface area contributed by atoms with Gasteiger partial charge in [-0.15, -0.1) is 0 Å². The molecule has 32 heavy (non-hydrogen) atoms. The second kappa shape index (κ2) is 25.0. The molecule has 0 aliphatic rings. The van der Waals surface area contributed by atoms with Crippen LogP contribution in [0.5, 0.6) is 0 Å². The molecular weight excluding hydrogens is 416 g/mol. The fraction of sp³-hybridized carbons (Fsp3) is 0.800. The summed E-state index contributed by atoms with van der Waals surface area (Å²) >= 11 is 0. The van der Waals surface area contributed by atoms with Crippen LogP contribution in [0.2, 0.25) is 0 Å². The third kappa shape index (κ3) is 25.8. The Morgan fingerprint density at radius 1 is 0.344 bits per heavy atom. The summed E-state index contributed by atoms with van der Waals surface area (Å²) in [5.74, 6) is 19.3. The molecule has 0 aromatic heterocycles. The third-order valence-electron chi connectivity index (χ3n) is 4.76. The molecule has 12 nitrogen and oxygen atoms in total. The van der Waals surface area contributed by atoms with E-state index in [1.165, 1.54) is 0 Å². The zero-order valence-electron chi connectivity index (χ0n) is 19.3. The first-order valence-electron chi connectivity index (χ1n) is 11.4. The van der Waals surface area contributed by atoms with E-state index in [9.17, 15) is 19.2 Å². The van der Waals surface area contributed by atoms with Crippen LogP contribution in [0, 0.1) is 0 Å². The quantitative estimate of drug-likeness (QED) is 0.0608. The van der Waals surface area contributed by atoms with Crippen LogP contribution >= 0.6 is 0 Å². The van der Waals surface area contributed by atoms with Crippen LogP contribution in [0.15, 0.2) is 0 Å². The maximum Gasteiger partial charge on any atom is 0.233 e. The van der Waals surface area contributed by atoms with E-state index in [4.69, 9.17) is 23.4 Å². The summed E-state index contributed by atoms with van der Waals surface area (Å²) in [6.07, 6.45) is 13.9. The Labute approximate surface area is 191 Å².